The lowest BCUT2D eigenvalue weighted by molar-refractivity contribution is 0.281. The Bertz CT molecular complexity index is 435. The number of benzene rings is 1. The molecule has 0 aliphatic rings. The third kappa shape index (κ3) is 2.03. The van der Waals surface area contributed by atoms with Crippen molar-refractivity contribution < 1.29 is 9.84 Å². The van der Waals surface area contributed by atoms with Crippen LogP contribution in [0, 0.1) is 0 Å². The highest BCUT2D eigenvalue weighted by molar-refractivity contribution is 7.13. The Balaban J connectivity index is 2.52. The van der Waals surface area contributed by atoms with Gasteiger partial charge in [0.1, 0.15) is 5.75 Å². The van der Waals surface area contributed by atoms with E-state index in [1.54, 1.807) is 18.4 Å². The van der Waals surface area contributed by atoms with Crippen molar-refractivity contribution in [2.45, 2.75) is 6.61 Å². The van der Waals surface area contributed by atoms with Crippen molar-refractivity contribution in [1.82, 2.24) is 0 Å². The molecule has 0 aliphatic carbocycles. The quantitative estimate of drug-likeness (QED) is 0.861. The Hall–Kier alpha value is -1.32. The van der Waals surface area contributed by atoms with Crippen LogP contribution in [0.4, 0.5) is 0 Å². The fourth-order valence-electron chi connectivity index (χ4n) is 1.48. The highest BCUT2D eigenvalue weighted by Crippen LogP contribution is 2.33. The van der Waals surface area contributed by atoms with Gasteiger partial charge in [0.2, 0.25) is 0 Å². The minimum Gasteiger partial charge on any atom is -0.496 e. The van der Waals surface area contributed by atoms with E-state index in [1.807, 2.05) is 35.7 Å². The fourth-order valence-corrected chi connectivity index (χ4v) is 2.23. The highest BCUT2D eigenvalue weighted by atomic mass is 32.1. The van der Waals surface area contributed by atoms with Gasteiger partial charge in [0, 0.05) is 10.4 Å². The van der Waals surface area contributed by atoms with Crippen LogP contribution in [0.15, 0.2) is 35.7 Å². The van der Waals surface area contributed by atoms with Gasteiger partial charge in [-0.2, -0.15) is 0 Å². The standard InChI is InChI=1S/C12H12O2S/c1-14-11-5-4-9(8-13)7-10(11)12-3-2-6-15-12/h2-7,13H,8H2,1H3. The summed E-state index contributed by atoms with van der Waals surface area (Å²) in [4.78, 5) is 1.15. The third-order valence-electron chi connectivity index (χ3n) is 2.23. The van der Waals surface area contributed by atoms with Crippen LogP contribution in [-0.4, -0.2) is 12.2 Å². The molecular weight excluding hydrogens is 208 g/mol. The topological polar surface area (TPSA) is 29.5 Å². The lowest BCUT2D eigenvalue weighted by atomic mass is 10.1. The molecule has 0 aliphatic heterocycles. The molecule has 3 heteroatoms. The molecule has 1 N–H and O–H groups in total. The van der Waals surface area contributed by atoms with E-state index in [0.717, 1.165) is 21.8 Å². The number of aliphatic hydroxyl groups excluding tert-OH is 1. The maximum atomic E-state index is 9.09. The molecule has 78 valence electrons. The van der Waals surface area contributed by atoms with Crippen molar-refractivity contribution in [2.75, 3.05) is 7.11 Å². The van der Waals surface area contributed by atoms with Crippen LogP contribution in [0.2, 0.25) is 0 Å². The molecule has 0 saturated carbocycles. The number of methoxy groups -OCH3 is 1. The van der Waals surface area contributed by atoms with E-state index in [-0.39, 0.29) is 6.61 Å². The molecule has 0 spiro atoms. The van der Waals surface area contributed by atoms with E-state index >= 15 is 0 Å². The van der Waals surface area contributed by atoms with Crippen LogP contribution in [0.1, 0.15) is 5.56 Å². The van der Waals surface area contributed by atoms with E-state index in [2.05, 4.69) is 0 Å². The van der Waals surface area contributed by atoms with Crippen LogP contribution >= 0.6 is 11.3 Å². The zero-order chi connectivity index (χ0) is 10.7. The van der Waals surface area contributed by atoms with Gasteiger partial charge in [0.05, 0.1) is 13.7 Å². The van der Waals surface area contributed by atoms with Gasteiger partial charge in [0.15, 0.2) is 0 Å². The Morgan fingerprint density at radius 3 is 2.80 bits per heavy atom. The van der Waals surface area contributed by atoms with E-state index in [4.69, 9.17) is 9.84 Å². The first-order valence-corrected chi connectivity index (χ1v) is 5.55. The van der Waals surface area contributed by atoms with Gasteiger partial charge < -0.3 is 9.84 Å². The normalized spacial score (nSPS) is 10.3. The Morgan fingerprint density at radius 2 is 2.20 bits per heavy atom. The molecule has 0 amide bonds. The number of hydrogen-bond acceptors (Lipinski definition) is 3. The van der Waals surface area contributed by atoms with E-state index in [0.29, 0.717) is 0 Å². The summed E-state index contributed by atoms with van der Waals surface area (Å²) in [5, 5.41) is 11.1. The van der Waals surface area contributed by atoms with Crippen LogP contribution in [0.25, 0.3) is 10.4 Å². The average molecular weight is 220 g/mol. The average Bonchev–Trinajstić information content (AvgIpc) is 2.81. The number of rotatable bonds is 3. The Kier molecular flexibility index (Phi) is 3.04. The van der Waals surface area contributed by atoms with E-state index < -0.39 is 0 Å². The largest absolute Gasteiger partial charge is 0.496 e. The third-order valence-corrected chi connectivity index (χ3v) is 3.14. The van der Waals surface area contributed by atoms with Crippen molar-refractivity contribution in [3.8, 4) is 16.2 Å². The molecule has 0 radical (unpaired) electrons. The summed E-state index contributed by atoms with van der Waals surface area (Å²) >= 11 is 1.66. The van der Waals surface area contributed by atoms with E-state index in [1.165, 1.54) is 0 Å². The summed E-state index contributed by atoms with van der Waals surface area (Å²) in [6, 6.07) is 9.77. The van der Waals surface area contributed by atoms with Gasteiger partial charge in [-0.1, -0.05) is 12.1 Å². The van der Waals surface area contributed by atoms with E-state index in [9.17, 15) is 0 Å². The van der Waals surface area contributed by atoms with Crippen LogP contribution in [-0.2, 0) is 6.61 Å². The molecule has 15 heavy (non-hydrogen) atoms. The maximum absolute atomic E-state index is 9.09. The second-order valence-electron chi connectivity index (χ2n) is 3.17. The molecule has 2 aromatic rings. The summed E-state index contributed by atoms with van der Waals surface area (Å²) in [6.45, 7) is 0.0579. The summed E-state index contributed by atoms with van der Waals surface area (Å²) in [5.41, 5.74) is 1.94. The molecule has 0 unspecified atom stereocenters. The van der Waals surface area contributed by atoms with Crippen molar-refractivity contribution in [1.29, 1.82) is 0 Å². The first kappa shape index (κ1) is 10.2. The summed E-state index contributed by atoms with van der Waals surface area (Å²) < 4.78 is 5.29. The molecule has 0 atom stereocenters. The van der Waals surface area contributed by atoms with Gasteiger partial charge in [-0.15, -0.1) is 11.3 Å². The molecule has 1 aromatic carbocycles. The molecule has 0 bridgehead atoms. The second-order valence-corrected chi connectivity index (χ2v) is 4.12. The van der Waals surface area contributed by atoms with Crippen LogP contribution < -0.4 is 4.74 Å². The van der Waals surface area contributed by atoms with Gasteiger partial charge >= 0.3 is 0 Å². The Morgan fingerprint density at radius 1 is 1.33 bits per heavy atom. The molecule has 2 nitrogen and oxygen atoms in total. The first-order valence-electron chi connectivity index (χ1n) is 4.67. The zero-order valence-electron chi connectivity index (χ0n) is 8.43. The van der Waals surface area contributed by atoms with Crippen molar-refractivity contribution in [2.24, 2.45) is 0 Å². The summed E-state index contributed by atoms with van der Waals surface area (Å²) in [7, 11) is 1.66. The smallest absolute Gasteiger partial charge is 0.127 e. The minimum atomic E-state index is 0.0579. The molecule has 2 rings (SSSR count). The van der Waals surface area contributed by atoms with Crippen LogP contribution in [0.3, 0.4) is 0 Å². The molecular formula is C12H12O2S. The minimum absolute atomic E-state index is 0.0579. The van der Waals surface area contributed by atoms with Gasteiger partial charge in [0.25, 0.3) is 0 Å². The fraction of sp³-hybridized carbons (Fsp3) is 0.167. The number of aliphatic hydroxyl groups is 1. The first-order chi connectivity index (χ1) is 7.35. The predicted octanol–water partition coefficient (Wildman–Crippen LogP) is 2.92. The van der Waals surface area contributed by atoms with Gasteiger partial charge in [-0.25, -0.2) is 0 Å². The lowest BCUT2D eigenvalue weighted by Crippen LogP contribution is -1.89. The highest BCUT2D eigenvalue weighted by Gasteiger charge is 2.07. The van der Waals surface area contributed by atoms with Crippen LogP contribution in [0.5, 0.6) is 5.75 Å². The molecule has 1 heterocycles. The van der Waals surface area contributed by atoms with Crippen molar-refractivity contribution >= 4 is 11.3 Å². The SMILES string of the molecule is COc1ccc(CO)cc1-c1cccs1. The number of thiophene rings is 1. The summed E-state index contributed by atoms with van der Waals surface area (Å²) in [5.74, 6) is 0.842. The molecule has 1 aromatic heterocycles. The molecule has 0 fully saturated rings. The number of ether oxygens (including phenoxy) is 1. The predicted molar refractivity (Wildman–Crippen MR) is 62.2 cm³/mol. The lowest BCUT2D eigenvalue weighted by Gasteiger charge is -2.08. The maximum Gasteiger partial charge on any atom is 0.127 e. The second kappa shape index (κ2) is 4.47. The van der Waals surface area contributed by atoms with Crippen molar-refractivity contribution in [3.63, 3.8) is 0 Å². The zero-order valence-corrected chi connectivity index (χ0v) is 9.25. The molecule has 0 saturated heterocycles. The summed E-state index contributed by atoms with van der Waals surface area (Å²) in [6.07, 6.45) is 0. The van der Waals surface area contributed by atoms with Crippen molar-refractivity contribution in [3.05, 3.63) is 41.3 Å². The number of hydrogen-bond donors (Lipinski definition) is 1. The van der Waals surface area contributed by atoms with Gasteiger partial charge in [-0.3, -0.25) is 0 Å². The Labute approximate surface area is 92.8 Å². The monoisotopic (exact) mass is 220 g/mol. The van der Waals surface area contributed by atoms with Gasteiger partial charge in [-0.05, 0) is 29.1 Å².